The Morgan fingerprint density at radius 3 is 2.44 bits per heavy atom. The topological polar surface area (TPSA) is 161 Å². The lowest BCUT2D eigenvalue weighted by molar-refractivity contribution is -0.153. The number of fused-ring (bicyclic) bond motifs is 1. The van der Waals surface area contributed by atoms with Crippen LogP contribution in [0.2, 0.25) is 0 Å². The summed E-state index contributed by atoms with van der Waals surface area (Å²) in [6.07, 6.45) is 5.32. The predicted molar refractivity (Wildman–Crippen MR) is 135 cm³/mol. The van der Waals surface area contributed by atoms with Gasteiger partial charge in [-0.15, -0.1) is 0 Å². The number of nitrogens with zero attached hydrogens (tertiary/aromatic N) is 1. The van der Waals surface area contributed by atoms with E-state index in [1.165, 1.54) is 12.8 Å². The van der Waals surface area contributed by atoms with Crippen LogP contribution in [0.5, 0.6) is 5.75 Å². The van der Waals surface area contributed by atoms with Crippen LogP contribution in [0.25, 0.3) is 0 Å². The van der Waals surface area contributed by atoms with E-state index in [4.69, 9.17) is 5.73 Å². The number of ketones is 2. The van der Waals surface area contributed by atoms with Gasteiger partial charge in [0.15, 0.2) is 11.6 Å². The second-order valence-electron chi connectivity index (χ2n) is 10.8. The van der Waals surface area contributed by atoms with Crippen molar-refractivity contribution in [2.75, 3.05) is 32.2 Å². The zero-order valence-corrected chi connectivity index (χ0v) is 21.3. The molecule has 1 saturated carbocycles. The molecule has 1 fully saturated rings. The van der Waals surface area contributed by atoms with Gasteiger partial charge in [-0.25, -0.2) is 0 Å². The third kappa shape index (κ3) is 6.25. The molecule has 0 heterocycles. The van der Waals surface area contributed by atoms with E-state index >= 15 is 0 Å². The summed E-state index contributed by atoms with van der Waals surface area (Å²) in [6, 6.07) is 1.95. The van der Waals surface area contributed by atoms with Crippen molar-refractivity contribution in [2.45, 2.75) is 69.8 Å². The van der Waals surface area contributed by atoms with Crippen LogP contribution in [0.4, 0.5) is 5.69 Å². The average Bonchev–Trinajstić information content (AvgIpc) is 3.63. The number of rotatable bonds is 14. The number of Topliss-reactive ketones (excluding diaryl/α,β-unsaturated/α-hetero) is 2. The van der Waals surface area contributed by atoms with Crippen molar-refractivity contribution >= 4 is 23.2 Å². The molecule has 0 aromatic heterocycles. The van der Waals surface area contributed by atoms with Crippen LogP contribution in [0, 0.1) is 17.8 Å². The molecule has 6 N–H and O–H groups in total. The first-order valence-corrected chi connectivity index (χ1v) is 12.9. The molecule has 0 saturated heterocycles. The number of nitrogens with two attached hydrogens (primary N) is 1. The monoisotopic (exact) mass is 504 g/mol. The molecular weight excluding hydrogens is 464 g/mol. The average molecular weight is 505 g/mol. The second-order valence-corrected chi connectivity index (χ2v) is 10.8. The quantitative estimate of drug-likeness (QED) is 0.238. The molecule has 200 valence electrons. The highest BCUT2D eigenvalue weighted by atomic mass is 16.3. The molecule has 0 aliphatic heterocycles. The fourth-order valence-electron chi connectivity index (χ4n) is 5.59. The van der Waals surface area contributed by atoms with Gasteiger partial charge >= 0.3 is 0 Å². The summed E-state index contributed by atoms with van der Waals surface area (Å²) in [7, 11) is 3.77. The summed E-state index contributed by atoms with van der Waals surface area (Å²) >= 11 is 0. The summed E-state index contributed by atoms with van der Waals surface area (Å²) in [5, 5.41) is 41.5. The van der Waals surface area contributed by atoms with Gasteiger partial charge in [0.25, 0.3) is 0 Å². The van der Waals surface area contributed by atoms with Gasteiger partial charge in [-0.05, 0) is 67.1 Å². The maximum Gasteiger partial charge on any atom is 0.224 e. The summed E-state index contributed by atoms with van der Waals surface area (Å²) in [5.41, 5.74) is 5.56. The predicted octanol–water partition coefficient (Wildman–Crippen LogP) is 1.49. The van der Waals surface area contributed by atoms with Gasteiger partial charge in [-0.3, -0.25) is 14.4 Å². The molecule has 1 aromatic rings. The van der Waals surface area contributed by atoms with Crippen LogP contribution in [0.15, 0.2) is 6.07 Å². The second kappa shape index (κ2) is 11.7. The number of phenolic OH excluding ortho intramolecular Hbond substituents is 1. The molecule has 9 nitrogen and oxygen atoms in total. The lowest BCUT2D eigenvalue weighted by atomic mass is 9.71. The van der Waals surface area contributed by atoms with Crippen LogP contribution in [0.1, 0.15) is 72.9 Å². The summed E-state index contributed by atoms with van der Waals surface area (Å²) < 4.78 is 0. The van der Waals surface area contributed by atoms with Gasteiger partial charge in [0.05, 0.1) is 18.6 Å². The number of aromatic hydroxyl groups is 1. The Bertz CT molecular complexity index is 989. The Balaban J connectivity index is 1.87. The number of benzene rings is 1. The number of hydrogen-bond acceptors (Lipinski definition) is 8. The van der Waals surface area contributed by atoms with Crippen LogP contribution in [-0.2, 0) is 22.4 Å². The van der Waals surface area contributed by atoms with Crippen molar-refractivity contribution in [3.63, 3.8) is 0 Å². The number of hydrogen-bond donors (Lipinski definition) is 5. The zero-order chi connectivity index (χ0) is 26.6. The van der Waals surface area contributed by atoms with Gasteiger partial charge in [-0.1, -0.05) is 19.3 Å². The molecule has 1 amide bonds. The third-order valence-electron chi connectivity index (χ3n) is 7.78. The van der Waals surface area contributed by atoms with Crippen molar-refractivity contribution in [1.82, 2.24) is 0 Å². The molecule has 1 aromatic carbocycles. The van der Waals surface area contributed by atoms with Crippen molar-refractivity contribution < 1.29 is 34.8 Å². The van der Waals surface area contributed by atoms with Crippen molar-refractivity contribution in [3.05, 3.63) is 22.8 Å². The SMILES string of the molecule is CN(C)c1cc(CCCC2CC2)c(O)c2c1CC(CC(CCO)[C@](O)(CO)C(=O)CC(N)=O)CC2=O. The maximum absolute atomic E-state index is 13.3. The minimum absolute atomic E-state index is 0.00479. The Hall–Kier alpha value is -2.49. The molecule has 2 aliphatic carbocycles. The first-order valence-electron chi connectivity index (χ1n) is 12.9. The van der Waals surface area contributed by atoms with Crippen molar-refractivity contribution in [2.24, 2.45) is 23.5 Å². The number of phenols is 1. The molecule has 0 radical (unpaired) electrons. The van der Waals surface area contributed by atoms with E-state index in [9.17, 15) is 34.8 Å². The van der Waals surface area contributed by atoms with E-state index in [1.54, 1.807) is 0 Å². The fourth-order valence-corrected chi connectivity index (χ4v) is 5.59. The van der Waals surface area contributed by atoms with E-state index in [2.05, 4.69) is 0 Å². The van der Waals surface area contributed by atoms with Gasteiger partial charge in [-0.2, -0.15) is 0 Å². The normalized spacial score (nSPS) is 19.9. The highest BCUT2D eigenvalue weighted by Gasteiger charge is 2.45. The Morgan fingerprint density at radius 2 is 1.89 bits per heavy atom. The molecule has 36 heavy (non-hydrogen) atoms. The first kappa shape index (κ1) is 28.1. The zero-order valence-electron chi connectivity index (χ0n) is 21.3. The number of primary amides is 1. The highest BCUT2D eigenvalue weighted by molar-refractivity contribution is 6.03. The smallest absolute Gasteiger partial charge is 0.224 e. The summed E-state index contributed by atoms with van der Waals surface area (Å²) in [4.78, 5) is 39.1. The van der Waals surface area contributed by atoms with Crippen LogP contribution < -0.4 is 10.6 Å². The maximum atomic E-state index is 13.3. The Morgan fingerprint density at radius 1 is 1.19 bits per heavy atom. The number of carbonyl (C=O) groups excluding carboxylic acids is 3. The molecule has 2 aliphatic rings. The standard InChI is InChI=1S/C27H40N2O7/c1-29(2)21-13-18(5-3-4-16-6-7-16)26(35)25-20(21)11-17(12-22(25)32)10-19(8-9-30)27(36,15-31)23(33)14-24(28)34/h13,16-17,19,30-31,35-36H,3-12,14-15H2,1-2H3,(H2,28,34)/t17?,19?,27-/m1/s1. The number of anilines is 1. The third-order valence-corrected chi connectivity index (χ3v) is 7.78. The number of aryl methyl sites for hydroxylation is 1. The molecule has 9 heteroatoms. The number of carbonyl (C=O) groups is 3. The largest absolute Gasteiger partial charge is 0.507 e. The minimum atomic E-state index is -2.25. The van der Waals surface area contributed by atoms with Crippen molar-refractivity contribution in [3.8, 4) is 5.75 Å². The van der Waals surface area contributed by atoms with Gasteiger partial charge in [0, 0.05) is 32.8 Å². The highest BCUT2D eigenvalue weighted by Crippen LogP contribution is 2.43. The van der Waals surface area contributed by atoms with E-state index in [1.807, 2.05) is 25.1 Å². The first-order chi connectivity index (χ1) is 17.0. The van der Waals surface area contributed by atoms with E-state index in [0.717, 1.165) is 35.6 Å². The van der Waals surface area contributed by atoms with Crippen molar-refractivity contribution in [1.29, 1.82) is 0 Å². The number of aliphatic hydroxyl groups is 3. The lowest BCUT2D eigenvalue weighted by Crippen LogP contribution is -2.51. The Labute approximate surface area is 212 Å². The molecule has 3 atom stereocenters. The molecule has 3 rings (SSSR count). The summed E-state index contributed by atoms with van der Waals surface area (Å²) in [6.45, 7) is -1.27. The van der Waals surface area contributed by atoms with Crippen LogP contribution in [-0.4, -0.2) is 70.8 Å². The molecule has 2 unspecified atom stereocenters. The summed E-state index contributed by atoms with van der Waals surface area (Å²) in [5.74, 6) is -2.36. The van der Waals surface area contributed by atoms with Gasteiger partial charge in [0.1, 0.15) is 11.4 Å². The minimum Gasteiger partial charge on any atom is -0.507 e. The Kier molecular flexibility index (Phi) is 9.13. The molecular formula is C27H40N2O7. The number of aliphatic hydroxyl groups excluding tert-OH is 2. The van der Waals surface area contributed by atoms with E-state index in [0.29, 0.717) is 18.4 Å². The lowest BCUT2D eigenvalue weighted by Gasteiger charge is -2.37. The van der Waals surface area contributed by atoms with Crippen LogP contribution in [0.3, 0.4) is 0 Å². The molecule has 0 spiro atoms. The molecule has 0 bridgehead atoms. The number of amides is 1. The van der Waals surface area contributed by atoms with E-state index < -0.39 is 36.2 Å². The van der Waals surface area contributed by atoms with E-state index in [-0.39, 0.29) is 43.3 Å². The van der Waals surface area contributed by atoms with Crippen LogP contribution >= 0.6 is 0 Å². The van der Waals surface area contributed by atoms with Gasteiger partial charge in [0.2, 0.25) is 5.91 Å². The van der Waals surface area contributed by atoms with Gasteiger partial charge < -0.3 is 31.1 Å². The fraction of sp³-hybridized carbons (Fsp3) is 0.667.